The van der Waals surface area contributed by atoms with Crippen molar-refractivity contribution in [1.82, 2.24) is 0 Å². The predicted molar refractivity (Wildman–Crippen MR) is 55.4 cm³/mol. The monoisotopic (exact) mass is 170 g/mol. The summed E-state index contributed by atoms with van der Waals surface area (Å²) < 4.78 is 0. The summed E-state index contributed by atoms with van der Waals surface area (Å²) in [5.74, 6) is 0. The van der Waals surface area contributed by atoms with Crippen LogP contribution in [-0.2, 0) is 0 Å². The lowest BCUT2D eigenvalue weighted by Gasteiger charge is -2.16. The number of fused-ring (bicyclic) bond motifs is 2. The van der Waals surface area contributed by atoms with Gasteiger partial charge in [-0.05, 0) is 54.4 Å². The molecule has 66 valence electrons. The maximum Gasteiger partial charge on any atom is -0.0157 e. The van der Waals surface area contributed by atoms with Crippen molar-refractivity contribution in [2.45, 2.75) is 32.1 Å². The SMILES string of the molecule is C1=CC2=CC3=C(CCCC3)C2=CC1. The van der Waals surface area contributed by atoms with E-state index in [0.717, 1.165) is 6.42 Å². The summed E-state index contributed by atoms with van der Waals surface area (Å²) in [5, 5.41) is 0. The Hall–Kier alpha value is -1.04. The molecular formula is C13H14. The van der Waals surface area contributed by atoms with Crippen LogP contribution in [0.5, 0.6) is 0 Å². The number of hydrogen-bond donors (Lipinski definition) is 0. The topological polar surface area (TPSA) is 0 Å². The summed E-state index contributed by atoms with van der Waals surface area (Å²) >= 11 is 0. The second-order valence-corrected chi connectivity index (χ2v) is 4.07. The van der Waals surface area contributed by atoms with Gasteiger partial charge in [0.1, 0.15) is 0 Å². The molecule has 0 aromatic rings. The van der Waals surface area contributed by atoms with Gasteiger partial charge in [-0.3, -0.25) is 0 Å². The van der Waals surface area contributed by atoms with Crippen molar-refractivity contribution in [2.75, 3.05) is 0 Å². The Kier molecular flexibility index (Phi) is 1.55. The van der Waals surface area contributed by atoms with Gasteiger partial charge in [-0.1, -0.05) is 24.3 Å². The molecule has 0 aromatic carbocycles. The van der Waals surface area contributed by atoms with Crippen LogP contribution in [0.15, 0.2) is 46.6 Å². The summed E-state index contributed by atoms with van der Waals surface area (Å²) in [7, 11) is 0. The number of rotatable bonds is 0. The van der Waals surface area contributed by atoms with Gasteiger partial charge in [-0.25, -0.2) is 0 Å². The molecule has 0 bridgehead atoms. The Morgan fingerprint density at radius 2 is 2.00 bits per heavy atom. The minimum absolute atomic E-state index is 1.13. The molecule has 0 aromatic heterocycles. The summed E-state index contributed by atoms with van der Waals surface area (Å²) in [5.41, 5.74) is 6.31. The van der Waals surface area contributed by atoms with Crippen LogP contribution in [0.3, 0.4) is 0 Å². The number of allylic oxidation sites excluding steroid dienone is 8. The number of hydrogen-bond acceptors (Lipinski definition) is 0. The van der Waals surface area contributed by atoms with Crippen LogP contribution < -0.4 is 0 Å². The van der Waals surface area contributed by atoms with Crippen molar-refractivity contribution in [3.05, 3.63) is 46.6 Å². The largest absolute Gasteiger partial charge is 0.0801 e. The minimum Gasteiger partial charge on any atom is -0.0801 e. The van der Waals surface area contributed by atoms with E-state index < -0.39 is 0 Å². The van der Waals surface area contributed by atoms with E-state index in [2.05, 4.69) is 24.3 Å². The molecule has 13 heavy (non-hydrogen) atoms. The molecule has 0 nitrogen and oxygen atoms in total. The lowest BCUT2D eigenvalue weighted by Crippen LogP contribution is -1.97. The van der Waals surface area contributed by atoms with Crippen LogP contribution in [0.1, 0.15) is 32.1 Å². The van der Waals surface area contributed by atoms with E-state index in [1.54, 1.807) is 16.7 Å². The van der Waals surface area contributed by atoms with Gasteiger partial charge in [-0.15, -0.1) is 0 Å². The highest BCUT2D eigenvalue weighted by Gasteiger charge is 2.22. The van der Waals surface area contributed by atoms with Crippen molar-refractivity contribution in [2.24, 2.45) is 0 Å². The van der Waals surface area contributed by atoms with E-state index in [1.807, 2.05) is 0 Å². The van der Waals surface area contributed by atoms with Crippen molar-refractivity contribution in [3.8, 4) is 0 Å². The van der Waals surface area contributed by atoms with E-state index >= 15 is 0 Å². The van der Waals surface area contributed by atoms with Gasteiger partial charge in [-0.2, -0.15) is 0 Å². The fourth-order valence-electron chi connectivity index (χ4n) is 2.60. The average Bonchev–Trinajstić information content (AvgIpc) is 2.56. The molecular weight excluding hydrogens is 156 g/mol. The molecule has 0 aliphatic heterocycles. The van der Waals surface area contributed by atoms with Crippen molar-refractivity contribution in [1.29, 1.82) is 0 Å². The molecule has 0 radical (unpaired) electrons. The maximum absolute atomic E-state index is 2.40. The third-order valence-electron chi connectivity index (χ3n) is 3.23. The lowest BCUT2D eigenvalue weighted by atomic mass is 9.89. The smallest absolute Gasteiger partial charge is 0.0157 e. The molecule has 0 amide bonds. The van der Waals surface area contributed by atoms with Gasteiger partial charge in [0.25, 0.3) is 0 Å². The fourth-order valence-corrected chi connectivity index (χ4v) is 2.60. The Bertz CT molecular complexity index is 361. The molecule has 3 aliphatic rings. The van der Waals surface area contributed by atoms with E-state index in [9.17, 15) is 0 Å². The quantitative estimate of drug-likeness (QED) is 0.520. The molecule has 3 aliphatic carbocycles. The normalized spacial score (nSPS) is 25.2. The van der Waals surface area contributed by atoms with Crippen molar-refractivity contribution in [3.63, 3.8) is 0 Å². The molecule has 3 rings (SSSR count). The van der Waals surface area contributed by atoms with E-state index in [1.165, 1.54) is 31.3 Å². The van der Waals surface area contributed by atoms with Crippen LogP contribution in [0.2, 0.25) is 0 Å². The Morgan fingerprint density at radius 1 is 1.08 bits per heavy atom. The summed E-state index contributed by atoms with van der Waals surface area (Å²) in [6.45, 7) is 0. The summed E-state index contributed by atoms with van der Waals surface area (Å²) in [6, 6.07) is 0. The van der Waals surface area contributed by atoms with Gasteiger partial charge < -0.3 is 0 Å². The lowest BCUT2D eigenvalue weighted by molar-refractivity contribution is 0.694. The minimum atomic E-state index is 1.13. The molecule has 0 atom stereocenters. The highest BCUT2D eigenvalue weighted by molar-refractivity contribution is 5.64. The zero-order valence-electron chi connectivity index (χ0n) is 7.84. The average molecular weight is 170 g/mol. The first-order valence-corrected chi connectivity index (χ1v) is 5.26. The van der Waals surface area contributed by atoms with Crippen LogP contribution >= 0.6 is 0 Å². The Balaban J connectivity index is 2.07. The second kappa shape index (κ2) is 2.73. The van der Waals surface area contributed by atoms with E-state index in [0.29, 0.717) is 0 Å². The first kappa shape index (κ1) is 7.37. The first-order chi connectivity index (χ1) is 6.45. The van der Waals surface area contributed by atoms with Crippen molar-refractivity contribution < 1.29 is 0 Å². The summed E-state index contributed by atoms with van der Waals surface area (Å²) in [6.07, 6.45) is 15.9. The predicted octanol–water partition coefficient (Wildman–Crippen LogP) is 3.68. The zero-order chi connectivity index (χ0) is 8.67. The fraction of sp³-hybridized carbons (Fsp3) is 0.385. The maximum atomic E-state index is 2.40. The molecule has 0 fully saturated rings. The zero-order valence-corrected chi connectivity index (χ0v) is 7.84. The van der Waals surface area contributed by atoms with Crippen LogP contribution in [0, 0.1) is 0 Å². The van der Waals surface area contributed by atoms with E-state index in [-0.39, 0.29) is 0 Å². The van der Waals surface area contributed by atoms with Crippen LogP contribution in [0.4, 0.5) is 0 Å². The van der Waals surface area contributed by atoms with Crippen LogP contribution in [0.25, 0.3) is 0 Å². The first-order valence-electron chi connectivity index (χ1n) is 5.26. The van der Waals surface area contributed by atoms with Crippen LogP contribution in [-0.4, -0.2) is 0 Å². The molecule has 0 N–H and O–H groups in total. The molecule has 0 heterocycles. The van der Waals surface area contributed by atoms with E-state index in [4.69, 9.17) is 0 Å². The van der Waals surface area contributed by atoms with Gasteiger partial charge in [0.15, 0.2) is 0 Å². The summed E-state index contributed by atoms with van der Waals surface area (Å²) in [4.78, 5) is 0. The van der Waals surface area contributed by atoms with Gasteiger partial charge in [0.05, 0.1) is 0 Å². The third kappa shape index (κ3) is 1.05. The third-order valence-corrected chi connectivity index (χ3v) is 3.23. The van der Waals surface area contributed by atoms with Gasteiger partial charge >= 0.3 is 0 Å². The Morgan fingerprint density at radius 3 is 3.00 bits per heavy atom. The standard InChI is InChI=1S/C13H14/c1-3-7-12-10(5-1)9-11-6-2-4-8-13(11)12/h1,5,7,9H,2-4,6,8H2. The van der Waals surface area contributed by atoms with Crippen molar-refractivity contribution >= 4 is 0 Å². The van der Waals surface area contributed by atoms with Gasteiger partial charge in [0, 0.05) is 0 Å². The molecule has 0 heteroatoms. The molecule has 0 spiro atoms. The molecule has 0 saturated carbocycles. The Labute approximate surface area is 79.3 Å². The van der Waals surface area contributed by atoms with Gasteiger partial charge in [0.2, 0.25) is 0 Å². The second-order valence-electron chi connectivity index (χ2n) is 4.07. The highest BCUT2D eigenvalue weighted by Crippen LogP contribution is 2.41. The molecule has 0 unspecified atom stereocenters. The highest BCUT2D eigenvalue weighted by atomic mass is 14.3. The molecule has 0 saturated heterocycles.